The predicted molar refractivity (Wildman–Crippen MR) is 74.0 cm³/mol. The van der Waals surface area contributed by atoms with Gasteiger partial charge in [-0.05, 0) is 37.1 Å². The van der Waals surface area contributed by atoms with Gasteiger partial charge in [0.05, 0.1) is 12.7 Å². The number of hydrogen-bond acceptors (Lipinski definition) is 3. The molecule has 0 heterocycles. The third kappa shape index (κ3) is 2.61. The van der Waals surface area contributed by atoms with Crippen molar-refractivity contribution in [1.82, 2.24) is 0 Å². The molecule has 2 rings (SSSR count). The van der Waals surface area contributed by atoms with Gasteiger partial charge in [-0.15, -0.1) is 0 Å². The van der Waals surface area contributed by atoms with Crippen LogP contribution >= 0.6 is 0 Å². The largest absolute Gasteiger partial charge is 0.494 e. The van der Waals surface area contributed by atoms with Gasteiger partial charge in [-0.25, -0.2) is 0 Å². The van der Waals surface area contributed by atoms with E-state index in [1.54, 1.807) is 0 Å². The van der Waals surface area contributed by atoms with E-state index in [0.29, 0.717) is 6.04 Å². The van der Waals surface area contributed by atoms with E-state index in [2.05, 4.69) is 26.1 Å². The Morgan fingerprint density at radius 1 is 1.33 bits per heavy atom. The van der Waals surface area contributed by atoms with Crippen LogP contribution in [0.1, 0.15) is 33.6 Å². The minimum atomic E-state index is -0.192. The number of anilines is 1. The zero-order valence-corrected chi connectivity index (χ0v) is 11.4. The molecule has 0 bridgehead atoms. The maximum Gasteiger partial charge on any atom is 0.119 e. The van der Waals surface area contributed by atoms with Crippen LogP contribution in [-0.4, -0.2) is 23.9 Å². The lowest BCUT2D eigenvalue weighted by atomic mass is 9.64. The second-order valence-corrected chi connectivity index (χ2v) is 5.64. The normalized spacial score (nSPS) is 25.3. The van der Waals surface area contributed by atoms with Crippen molar-refractivity contribution in [3.8, 4) is 5.75 Å². The number of aliphatic hydroxyl groups excluding tert-OH is 1. The van der Waals surface area contributed by atoms with Crippen molar-refractivity contribution in [2.75, 3.05) is 11.9 Å². The third-order valence-electron chi connectivity index (χ3n) is 3.88. The van der Waals surface area contributed by atoms with E-state index >= 15 is 0 Å². The zero-order valence-electron chi connectivity index (χ0n) is 11.4. The Hall–Kier alpha value is -1.22. The van der Waals surface area contributed by atoms with Gasteiger partial charge in [0.15, 0.2) is 0 Å². The Balaban J connectivity index is 1.91. The Morgan fingerprint density at radius 2 is 2.00 bits per heavy atom. The molecule has 2 unspecified atom stereocenters. The molecule has 1 fully saturated rings. The molecule has 0 aromatic heterocycles. The fraction of sp³-hybridized carbons (Fsp3) is 0.600. The molecule has 0 aliphatic heterocycles. The van der Waals surface area contributed by atoms with Gasteiger partial charge in [0.1, 0.15) is 5.75 Å². The van der Waals surface area contributed by atoms with Crippen LogP contribution in [0, 0.1) is 5.41 Å². The maximum atomic E-state index is 9.71. The van der Waals surface area contributed by atoms with Crippen molar-refractivity contribution in [1.29, 1.82) is 0 Å². The number of aliphatic hydroxyl groups is 1. The summed E-state index contributed by atoms with van der Waals surface area (Å²) in [4.78, 5) is 0. The van der Waals surface area contributed by atoms with Gasteiger partial charge in [0.2, 0.25) is 0 Å². The van der Waals surface area contributed by atoms with E-state index in [4.69, 9.17) is 4.74 Å². The molecule has 1 aromatic carbocycles. The summed E-state index contributed by atoms with van der Waals surface area (Å²) in [6.07, 6.45) is 1.65. The number of nitrogens with one attached hydrogen (secondary N) is 1. The molecule has 2 N–H and O–H groups in total. The lowest BCUT2D eigenvalue weighted by Gasteiger charge is -2.49. The Kier molecular flexibility index (Phi) is 3.81. The highest BCUT2D eigenvalue weighted by Gasteiger charge is 2.47. The van der Waals surface area contributed by atoms with E-state index in [0.717, 1.165) is 30.9 Å². The van der Waals surface area contributed by atoms with Crippen molar-refractivity contribution in [3.63, 3.8) is 0 Å². The highest BCUT2D eigenvalue weighted by molar-refractivity contribution is 5.48. The minimum Gasteiger partial charge on any atom is -0.494 e. The number of hydrogen-bond donors (Lipinski definition) is 2. The van der Waals surface area contributed by atoms with E-state index in [1.165, 1.54) is 0 Å². The number of ether oxygens (including phenoxy) is 1. The lowest BCUT2D eigenvalue weighted by molar-refractivity contribution is -0.0510. The molecule has 1 aliphatic rings. The van der Waals surface area contributed by atoms with Crippen LogP contribution in [0.3, 0.4) is 0 Å². The smallest absolute Gasteiger partial charge is 0.119 e. The topological polar surface area (TPSA) is 41.5 Å². The molecule has 1 aromatic rings. The predicted octanol–water partition coefficient (Wildman–Crippen LogP) is 3.05. The standard InChI is InChI=1S/C15H23NO2/c1-4-9-18-12-7-5-11(6-8-12)16-13-10-14(17)15(13,2)3/h5-8,13-14,16-17H,4,9-10H2,1-3H3. The molecule has 1 aliphatic carbocycles. The summed E-state index contributed by atoms with van der Waals surface area (Å²) in [6.45, 7) is 7.05. The fourth-order valence-electron chi connectivity index (χ4n) is 2.22. The molecule has 0 radical (unpaired) electrons. The fourth-order valence-corrected chi connectivity index (χ4v) is 2.22. The van der Waals surface area contributed by atoms with Gasteiger partial charge in [-0.1, -0.05) is 20.8 Å². The van der Waals surface area contributed by atoms with Gasteiger partial charge in [-0.3, -0.25) is 0 Å². The second-order valence-electron chi connectivity index (χ2n) is 5.64. The molecule has 0 spiro atoms. The van der Waals surface area contributed by atoms with Crippen LogP contribution < -0.4 is 10.1 Å². The number of rotatable bonds is 5. The first kappa shape index (κ1) is 13.2. The molecular formula is C15H23NO2. The zero-order chi connectivity index (χ0) is 13.2. The van der Waals surface area contributed by atoms with Crippen molar-refractivity contribution in [2.24, 2.45) is 5.41 Å². The van der Waals surface area contributed by atoms with Gasteiger partial charge < -0.3 is 15.2 Å². The lowest BCUT2D eigenvalue weighted by Crippen LogP contribution is -2.56. The van der Waals surface area contributed by atoms with Gasteiger partial charge in [0.25, 0.3) is 0 Å². The Bertz CT molecular complexity index is 386. The van der Waals surface area contributed by atoms with Gasteiger partial charge in [-0.2, -0.15) is 0 Å². The van der Waals surface area contributed by atoms with E-state index < -0.39 is 0 Å². The van der Waals surface area contributed by atoms with Crippen molar-refractivity contribution < 1.29 is 9.84 Å². The van der Waals surface area contributed by atoms with Crippen LogP contribution in [0.4, 0.5) is 5.69 Å². The molecule has 2 atom stereocenters. The molecule has 100 valence electrons. The Labute approximate surface area is 109 Å². The average Bonchev–Trinajstić information content (AvgIpc) is 2.37. The molecule has 0 amide bonds. The van der Waals surface area contributed by atoms with Crippen LogP contribution in [0.15, 0.2) is 24.3 Å². The van der Waals surface area contributed by atoms with Crippen molar-refractivity contribution in [2.45, 2.75) is 45.8 Å². The van der Waals surface area contributed by atoms with Crippen molar-refractivity contribution in [3.05, 3.63) is 24.3 Å². The third-order valence-corrected chi connectivity index (χ3v) is 3.88. The highest BCUT2D eigenvalue weighted by atomic mass is 16.5. The van der Waals surface area contributed by atoms with Crippen LogP contribution in [0.5, 0.6) is 5.75 Å². The number of benzene rings is 1. The van der Waals surface area contributed by atoms with Gasteiger partial charge >= 0.3 is 0 Å². The summed E-state index contributed by atoms with van der Waals surface area (Å²) in [7, 11) is 0. The van der Waals surface area contributed by atoms with E-state index in [9.17, 15) is 5.11 Å². The summed E-state index contributed by atoms with van der Waals surface area (Å²) in [5.74, 6) is 0.912. The first-order valence-corrected chi connectivity index (χ1v) is 6.71. The quantitative estimate of drug-likeness (QED) is 0.842. The molecule has 0 saturated heterocycles. The highest BCUT2D eigenvalue weighted by Crippen LogP contribution is 2.42. The van der Waals surface area contributed by atoms with Crippen molar-refractivity contribution >= 4 is 5.69 Å². The molecular weight excluding hydrogens is 226 g/mol. The van der Waals surface area contributed by atoms with Gasteiger partial charge in [0, 0.05) is 17.1 Å². The first-order valence-electron chi connectivity index (χ1n) is 6.71. The van der Waals surface area contributed by atoms with Crippen LogP contribution in [0.2, 0.25) is 0 Å². The molecule has 3 heteroatoms. The average molecular weight is 249 g/mol. The summed E-state index contributed by atoms with van der Waals surface area (Å²) in [5.41, 5.74) is 1.04. The summed E-state index contributed by atoms with van der Waals surface area (Å²) < 4.78 is 5.55. The second kappa shape index (κ2) is 5.19. The van der Waals surface area contributed by atoms with E-state index in [1.807, 2.05) is 24.3 Å². The monoisotopic (exact) mass is 249 g/mol. The molecule has 1 saturated carbocycles. The first-order chi connectivity index (χ1) is 8.54. The van der Waals surface area contributed by atoms with Crippen LogP contribution in [-0.2, 0) is 0 Å². The maximum absolute atomic E-state index is 9.71. The molecule has 18 heavy (non-hydrogen) atoms. The molecule has 3 nitrogen and oxygen atoms in total. The van der Waals surface area contributed by atoms with Crippen LogP contribution in [0.25, 0.3) is 0 Å². The van der Waals surface area contributed by atoms with E-state index in [-0.39, 0.29) is 11.5 Å². The minimum absolute atomic E-state index is 0.0443. The Morgan fingerprint density at radius 3 is 2.50 bits per heavy atom. The SMILES string of the molecule is CCCOc1ccc(NC2CC(O)C2(C)C)cc1. The summed E-state index contributed by atoms with van der Waals surface area (Å²) in [6, 6.07) is 8.38. The summed E-state index contributed by atoms with van der Waals surface area (Å²) in [5, 5.41) is 13.2. The summed E-state index contributed by atoms with van der Waals surface area (Å²) >= 11 is 0.